The number of hydrogen-bond donors (Lipinski definition) is 4. The minimum absolute atomic E-state index is 0.0228. The molecule has 1 aromatic carbocycles. The summed E-state index contributed by atoms with van der Waals surface area (Å²) >= 11 is 0. The molecule has 0 bridgehead atoms. The third-order valence-electron chi connectivity index (χ3n) is 5.95. The summed E-state index contributed by atoms with van der Waals surface area (Å²) in [6.07, 6.45) is 3.65. The van der Waals surface area contributed by atoms with Crippen molar-refractivity contribution in [1.29, 1.82) is 0 Å². The van der Waals surface area contributed by atoms with Gasteiger partial charge in [-0.3, -0.25) is 19.6 Å². The smallest absolute Gasteiger partial charge is 0.263 e. The van der Waals surface area contributed by atoms with Gasteiger partial charge in [-0.05, 0) is 19.4 Å². The van der Waals surface area contributed by atoms with Crippen molar-refractivity contribution >= 4 is 17.7 Å². The number of carbonyl (C=O) groups excluding carboxylic acids is 3. The van der Waals surface area contributed by atoms with E-state index in [-0.39, 0.29) is 31.7 Å². The first-order valence-electron chi connectivity index (χ1n) is 11.4. The summed E-state index contributed by atoms with van der Waals surface area (Å²) in [6.45, 7) is 0.468. The molecule has 2 aromatic rings. The summed E-state index contributed by atoms with van der Waals surface area (Å²) in [6, 6.07) is 6.85. The number of rotatable bonds is 11. The Bertz CT molecular complexity index is 981. The SMILES string of the molecule is NCCCC[C@H](N)C(=O)N(O)[C@H]1C[C@@H](C(N)=O)N(C(=O)CCc2ncc(-c3ccccc3)o2)C1. The van der Waals surface area contributed by atoms with Gasteiger partial charge in [0.05, 0.1) is 18.3 Å². The van der Waals surface area contributed by atoms with Gasteiger partial charge in [-0.2, -0.15) is 0 Å². The van der Waals surface area contributed by atoms with E-state index in [1.807, 2.05) is 30.3 Å². The average Bonchev–Trinajstić information content (AvgIpc) is 3.50. The molecule has 11 heteroatoms. The van der Waals surface area contributed by atoms with Gasteiger partial charge < -0.3 is 26.5 Å². The second-order valence-electron chi connectivity index (χ2n) is 8.41. The van der Waals surface area contributed by atoms with Gasteiger partial charge in [0.1, 0.15) is 6.04 Å². The molecule has 3 amide bonds. The molecule has 1 aliphatic heterocycles. The zero-order chi connectivity index (χ0) is 24.7. The highest BCUT2D eigenvalue weighted by molar-refractivity contribution is 5.88. The van der Waals surface area contributed by atoms with E-state index in [0.717, 1.165) is 12.0 Å². The Morgan fingerprint density at radius 3 is 2.65 bits per heavy atom. The molecule has 184 valence electrons. The van der Waals surface area contributed by atoms with Crippen molar-refractivity contribution in [3.8, 4) is 11.3 Å². The number of likely N-dealkylation sites (tertiary alicyclic amines) is 1. The van der Waals surface area contributed by atoms with Gasteiger partial charge in [0, 0.05) is 31.4 Å². The Kier molecular flexibility index (Phi) is 8.74. The summed E-state index contributed by atoms with van der Waals surface area (Å²) in [5, 5.41) is 11.0. The Balaban J connectivity index is 1.58. The molecule has 0 spiro atoms. The fourth-order valence-corrected chi connectivity index (χ4v) is 4.04. The molecule has 0 aliphatic carbocycles. The van der Waals surface area contributed by atoms with E-state index in [1.165, 1.54) is 4.90 Å². The Labute approximate surface area is 197 Å². The molecular weight excluding hydrogens is 440 g/mol. The molecule has 2 heterocycles. The summed E-state index contributed by atoms with van der Waals surface area (Å²) in [5.41, 5.74) is 17.7. The van der Waals surface area contributed by atoms with Gasteiger partial charge in [-0.25, -0.2) is 10.0 Å². The number of hydroxylamine groups is 2. The average molecular weight is 473 g/mol. The van der Waals surface area contributed by atoms with E-state index >= 15 is 0 Å². The van der Waals surface area contributed by atoms with E-state index in [0.29, 0.717) is 36.1 Å². The fraction of sp³-hybridized carbons (Fsp3) is 0.478. The van der Waals surface area contributed by atoms with Crippen LogP contribution in [0.4, 0.5) is 0 Å². The van der Waals surface area contributed by atoms with Crippen LogP contribution in [0.25, 0.3) is 11.3 Å². The lowest BCUT2D eigenvalue weighted by Gasteiger charge is -2.25. The largest absolute Gasteiger partial charge is 0.441 e. The summed E-state index contributed by atoms with van der Waals surface area (Å²) < 4.78 is 5.73. The van der Waals surface area contributed by atoms with Gasteiger partial charge in [-0.15, -0.1) is 0 Å². The predicted octanol–water partition coefficient (Wildman–Crippen LogP) is 0.403. The third-order valence-corrected chi connectivity index (χ3v) is 5.95. The Hall–Kier alpha value is -3.28. The molecule has 3 rings (SSSR count). The van der Waals surface area contributed by atoms with Crippen LogP contribution in [-0.2, 0) is 20.8 Å². The van der Waals surface area contributed by atoms with Crippen molar-refractivity contribution < 1.29 is 24.0 Å². The standard InChI is InChI=1S/C23H32N6O5/c24-11-5-4-8-17(25)23(32)29(33)16-12-18(22(26)31)28(14-16)21(30)10-9-20-27-13-19(34-20)15-6-2-1-3-7-15/h1-3,6-7,13,16-18,33H,4-5,8-12,14,24-25H2,(H2,26,31)/t16-,17-,18-/m0/s1. The highest BCUT2D eigenvalue weighted by atomic mass is 16.5. The number of primary amides is 1. The maximum atomic E-state index is 12.9. The second kappa shape index (κ2) is 11.7. The summed E-state index contributed by atoms with van der Waals surface area (Å²) in [5.74, 6) is -0.726. The van der Waals surface area contributed by atoms with Gasteiger partial charge in [0.25, 0.3) is 5.91 Å². The number of aryl methyl sites for hydroxylation is 1. The van der Waals surface area contributed by atoms with Crippen molar-refractivity contribution in [3.05, 3.63) is 42.4 Å². The molecule has 0 radical (unpaired) electrons. The minimum Gasteiger partial charge on any atom is -0.441 e. The lowest BCUT2D eigenvalue weighted by Crippen LogP contribution is -2.48. The molecule has 1 saturated heterocycles. The fourth-order valence-electron chi connectivity index (χ4n) is 4.04. The molecular formula is C23H32N6O5. The lowest BCUT2D eigenvalue weighted by molar-refractivity contribution is -0.176. The predicted molar refractivity (Wildman–Crippen MR) is 123 cm³/mol. The van der Waals surface area contributed by atoms with E-state index in [2.05, 4.69) is 4.98 Å². The molecule has 7 N–H and O–H groups in total. The minimum atomic E-state index is -0.933. The van der Waals surface area contributed by atoms with Crippen LogP contribution in [0.2, 0.25) is 0 Å². The molecule has 1 aromatic heterocycles. The number of aromatic nitrogens is 1. The van der Waals surface area contributed by atoms with E-state index < -0.39 is 29.9 Å². The highest BCUT2D eigenvalue weighted by Gasteiger charge is 2.42. The first kappa shape index (κ1) is 25.3. The first-order chi connectivity index (χ1) is 16.3. The second-order valence-corrected chi connectivity index (χ2v) is 8.41. The topological polar surface area (TPSA) is 182 Å². The third kappa shape index (κ3) is 6.19. The van der Waals surface area contributed by atoms with Crippen LogP contribution < -0.4 is 17.2 Å². The van der Waals surface area contributed by atoms with Crippen LogP contribution in [0.1, 0.15) is 38.0 Å². The van der Waals surface area contributed by atoms with Crippen LogP contribution in [0.15, 0.2) is 40.9 Å². The van der Waals surface area contributed by atoms with Gasteiger partial charge in [-0.1, -0.05) is 36.8 Å². The lowest BCUT2D eigenvalue weighted by atomic mass is 10.1. The van der Waals surface area contributed by atoms with Crippen molar-refractivity contribution in [3.63, 3.8) is 0 Å². The quantitative estimate of drug-likeness (QED) is 0.206. The molecule has 3 atom stereocenters. The van der Waals surface area contributed by atoms with Crippen molar-refractivity contribution in [2.45, 2.75) is 56.7 Å². The summed E-state index contributed by atoms with van der Waals surface area (Å²) in [7, 11) is 0. The molecule has 1 aliphatic rings. The number of hydrogen-bond acceptors (Lipinski definition) is 8. The molecule has 1 fully saturated rings. The van der Waals surface area contributed by atoms with Gasteiger partial charge >= 0.3 is 0 Å². The van der Waals surface area contributed by atoms with E-state index in [9.17, 15) is 19.6 Å². The monoisotopic (exact) mass is 472 g/mol. The zero-order valence-electron chi connectivity index (χ0n) is 19.0. The van der Waals surface area contributed by atoms with Crippen LogP contribution in [-0.4, -0.2) is 69.1 Å². The van der Waals surface area contributed by atoms with Crippen LogP contribution in [0.5, 0.6) is 0 Å². The maximum Gasteiger partial charge on any atom is 0.263 e. The van der Waals surface area contributed by atoms with Gasteiger partial charge in [0.15, 0.2) is 11.7 Å². The van der Waals surface area contributed by atoms with E-state index in [4.69, 9.17) is 21.6 Å². The molecule has 0 saturated carbocycles. The Morgan fingerprint density at radius 1 is 1.24 bits per heavy atom. The number of carbonyl (C=O) groups is 3. The first-order valence-corrected chi connectivity index (χ1v) is 11.4. The number of benzene rings is 1. The molecule has 34 heavy (non-hydrogen) atoms. The van der Waals surface area contributed by atoms with Crippen LogP contribution in [0, 0.1) is 0 Å². The van der Waals surface area contributed by atoms with Crippen molar-refractivity contribution in [2.24, 2.45) is 17.2 Å². The van der Waals surface area contributed by atoms with Crippen molar-refractivity contribution in [2.75, 3.05) is 13.1 Å². The van der Waals surface area contributed by atoms with E-state index in [1.54, 1.807) is 6.20 Å². The maximum absolute atomic E-state index is 12.9. The van der Waals surface area contributed by atoms with Crippen LogP contribution in [0.3, 0.4) is 0 Å². The number of nitrogens with zero attached hydrogens (tertiary/aromatic N) is 3. The summed E-state index contributed by atoms with van der Waals surface area (Å²) in [4.78, 5) is 42.9. The van der Waals surface area contributed by atoms with Crippen molar-refractivity contribution in [1.82, 2.24) is 14.9 Å². The Morgan fingerprint density at radius 2 is 1.97 bits per heavy atom. The molecule has 0 unspecified atom stereocenters. The molecule has 11 nitrogen and oxygen atoms in total. The van der Waals surface area contributed by atoms with Crippen LogP contribution >= 0.6 is 0 Å². The normalized spacial score (nSPS) is 18.6. The van der Waals surface area contributed by atoms with Gasteiger partial charge in [0.2, 0.25) is 11.8 Å². The number of amides is 3. The highest BCUT2D eigenvalue weighted by Crippen LogP contribution is 2.24. The number of nitrogens with two attached hydrogens (primary N) is 3. The zero-order valence-corrected chi connectivity index (χ0v) is 19.0. The number of oxazole rings is 1. The number of unbranched alkanes of at least 4 members (excludes halogenated alkanes) is 1.